The first kappa shape index (κ1) is 21.4. The van der Waals surface area contributed by atoms with Crippen LogP contribution >= 0.6 is 0 Å². The van der Waals surface area contributed by atoms with Gasteiger partial charge in [-0.2, -0.15) is 0 Å². The van der Waals surface area contributed by atoms with E-state index in [0.29, 0.717) is 37.4 Å². The number of ether oxygens (including phenoxy) is 1. The molecule has 0 saturated carbocycles. The van der Waals surface area contributed by atoms with Gasteiger partial charge in [0.25, 0.3) is 5.91 Å². The van der Waals surface area contributed by atoms with Gasteiger partial charge in [-0.05, 0) is 50.2 Å². The highest BCUT2D eigenvalue weighted by Gasteiger charge is 2.24. The molecule has 0 radical (unpaired) electrons. The fraction of sp³-hybridized carbons (Fsp3) is 0.318. The summed E-state index contributed by atoms with van der Waals surface area (Å²) in [5.41, 5.74) is 0.783. The van der Waals surface area contributed by atoms with Crippen LogP contribution in [0.25, 0.3) is 0 Å². The van der Waals surface area contributed by atoms with E-state index in [1.807, 2.05) is 4.90 Å². The van der Waals surface area contributed by atoms with Crippen molar-refractivity contribution in [2.24, 2.45) is 0 Å². The number of ketones is 2. The van der Waals surface area contributed by atoms with Gasteiger partial charge >= 0.3 is 0 Å². The molecule has 0 atom stereocenters. The Morgan fingerprint density at radius 2 is 1.63 bits per heavy atom. The first-order chi connectivity index (χ1) is 14.3. The number of halogens is 2. The lowest BCUT2D eigenvalue weighted by atomic mass is 10.1. The molecule has 8 heteroatoms. The third-order valence-electron chi connectivity index (χ3n) is 5.00. The summed E-state index contributed by atoms with van der Waals surface area (Å²) in [5, 5.41) is 0. The second kappa shape index (κ2) is 9.02. The molecule has 1 amide bonds. The molecule has 3 rings (SSSR count). The fourth-order valence-electron chi connectivity index (χ4n) is 3.31. The van der Waals surface area contributed by atoms with Crippen molar-refractivity contribution in [1.29, 1.82) is 0 Å². The molecule has 6 nitrogen and oxygen atoms in total. The number of carbonyl (C=O) groups excluding carboxylic acids is 3. The zero-order chi connectivity index (χ0) is 21.8. The Morgan fingerprint density at radius 1 is 0.933 bits per heavy atom. The zero-order valence-corrected chi connectivity index (χ0v) is 16.8. The highest BCUT2D eigenvalue weighted by Crippen LogP contribution is 2.23. The van der Waals surface area contributed by atoms with Gasteiger partial charge in [0, 0.05) is 31.7 Å². The monoisotopic (exact) mass is 416 g/mol. The Labute approximate surface area is 173 Å². The molecule has 30 heavy (non-hydrogen) atoms. The maximum Gasteiger partial charge on any atom is 0.260 e. The minimum atomic E-state index is -0.557. The van der Waals surface area contributed by atoms with Crippen molar-refractivity contribution in [3.63, 3.8) is 0 Å². The van der Waals surface area contributed by atoms with Gasteiger partial charge in [0.2, 0.25) is 0 Å². The minimum Gasteiger partial charge on any atom is -0.483 e. The normalized spacial score (nSPS) is 13.9. The molecule has 2 aromatic carbocycles. The van der Waals surface area contributed by atoms with E-state index in [0.717, 1.165) is 12.1 Å². The van der Waals surface area contributed by atoms with Gasteiger partial charge in [0.1, 0.15) is 17.4 Å². The molecule has 0 aliphatic carbocycles. The zero-order valence-electron chi connectivity index (χ0n) is 16.8. The standard InChI is InChI=1S/C22H22F2N2O4/c1-14(27)16-3-5-20(19(24)11-16)25-7-9-26(10-8-25)22(29)13-30-21-6-4-17(23)12-18(21)15(2)28/h3-6,11-12H,7-10,13H2,1-2H3. The molecule has 0 unspecified atom stereocenters. The van der Waals surface area contributed by atoms with E-state index in [9.17, 15) is 23.2 Å². The van der Waals surface area contributed by atoms with Crippen molar-refractivity contribution >= 4 is 23.2 Å². The highest BCUT2D eigenvalue weighted by atomic mass is 19.1. The second-order valence-electron chi connectivity index (χ2n) is 7.08. The van der Waals surface area contributed by atoms with Gasteiger partial charge in [-0.1, -0.05) is 0 Å². The predicted octanol–water partition coefficient (Wildman–Crippen LogP) is 3.10. The Balaban J connectivity index is 1.57. The number of hydrogen-bond donors (Lipinski definition) is 0. The lowest BCUT2D eigenvalue weighted by molar-refractivity contribution is -0.133. The van der Waals surface area contributed by atoms with Crippen LogP contribution in [-0.2, 0) is 4.79 Å². The third kappa shape index (κ3) is 4.82. The van der Waals surface area contributed by atoms with Gasteiger partial charge in [-0.25, -0.2) is 8.78 Å². The Hall–Kier alpha value is -3.29. The molecule has 1 saturated heterocycles. The van der Waals surface area contributed by atoms with Crippen LogP contribution in [-0.4, -0.2) is 55.2 Å². The molecular weight excluding hydrogens is 394 g/mol. The molecular formula is C22H22F2N2O4. The first-order valence-electron chi connectivity index (χ1n) is 9.52. The summed E-state index contributed by atoms with van der Waals surface area (Å²) in [7, 11) is 0. The Morgan fingerprint density at radius 3 is 2.23 bits per heavy atom. The van der Waals surface area contributed by atoms with E-state index >= 15 is 0 Å². The van der Waals surface area contributed by atoms with Gasteiger partial charge in [-0.3, -0.25) is 14.4 Å². The molecule has 0 bridgehead atoms. The van der Waals surface area contributed by atoms with Crippen LogP contribution in [0.4, 0.5) is 14.5 Å². The summed E-state index contributed by atoms with van der Waals surface area (Å²) in [5.74, 6) is -1.71. The van der Waals surface area contributed by atoms with Crippen LogP contribution in [0.2, 0.25) is 0 Å². The van der Waals surface area contributed by atoms with Crippen LogP contribution in [0.15, 0.2) is 36.4 Å². The molecule has 1 fully saturated rings. The summed E-state index contributed by atoms with van der Waals surface area (Å²) >= 11 is 0. The van der Waals surface area contributed by atoms with E-state index in [2.05, 4.69) is 0 Å². The smallest absolute Gasteiger partial charge is 0.260 e. The third-order valence-corrected chi connectivity index (χ3v) is 5.00. The lowest BCUT2D eigenvalue weighted by Crippen LogP contribution is -2.50. The summed E-state index contributed by atoms with van der Waals surface area (Å²) in [6.45, 7) is 4.00. The number of hydrogen-bond acceptors (Lipinski definition) is 5. The summed E-state index contributed by atoms with van der Waals surface area (Å²) in [4.78, 5) is 38.9. The number of carbonyl (C=O) groups is 3. The summed E-state index contributed by atoms with van der Waals surface area (Å²) in [6.07, 6.45) is 0. The maximum atomic E-state index is 14.3. The highest BCUT2D eigenvalue weighted by molar-refractivity contribution is 5.97. The van der Waals surface area contributed by atoms with E-state index in [1.54, 1.807) is 17.0 Å². The van der Waals surface area contributed by atoms with Gasteiger partial charge in [0.05, 0.1) is 11.3 Å². The molecule has 0 spiro atoms. The number of rotatable bonds is 6. The fourth-order valence-corrected chi connectivity index (χ4v) is 3.31. The molecule has 0 N–H and O–H groups in total. The van der Waals surface area contributed by atoms with Gasteiger partial charge in [-0.15, -0.1) is 0 Å². The molecule has 158 valence electrons. The number of nitrogens with zero attached hydrogens (tertiary/aromatic N) is 2. The second-order valence-corrected chi connectivity index (χ2v) is 7.08. The van der Waals surface area contributed by atoms with Crippen LogP contribution in [0.1, 0.15) is 34.6 Å². The molecule has 1 aliphatic rings. The molecule has 1 heterocycles. The molecule has 0 aromatic heterocycles. The lowest BCUT2D eigenvalue weighted by Gasteiger charge is -2.36. The van der Waals surface area contributed by atoms with Crippen molar-refractivity contribution in [2.75, 3.05) is 37.7 Å². The van der Waals surface area contributed by atoms with Crippen molar-refractivity contribution < 1.29 is 27.9 Å². The Kier molecular flexibility index (Phi) is 6.44. The van der Waals surface area contributed by atoms with E-state index in [4.69, 9.17) is 4.74 Å². The van der Waals surface area contributed by atoms with E-state index < -0.39 is 11.6 Å². The van der Waals surface area contributed by atoms with Crippen LogP contribution in [0, 0.1) is 11.6 Å². The average molecular weight is 416 g/mol. The first-order valence-corrected chi connectivity index (χ1v) is 9.52. The number of anilines is 1. The van der Waals surface area contributed by atoms with Crippen molar-refractivity contribution in [3.05, 3.63) is 59.2 Å². The van der Waals surface area contributed by atoms with Crippen LogP contribution < -0.4 is 9.64 Å². The summed E-state index contributed by atoms with van der Waals surface area (Å²) < 4.78 is 33.1. The van der Waals surface area contributed by atoms with Crippen molar-refractivity contribution in [3.8, 4) is 5.75 Å². The summed E-state index contributed by atoms with van der Waals surface area (Å²) in [6, 6.07) is 7.94. The molecule has 2 aromatic rings. The largest absolute Gasteiger partial charge is 0.483 e. The van der Waals surface area contributed by atoms with E-state index in [-0.39, 0.29) is 35.4 Å². The van der Waals surface area contributed by atoms with Crippen LogP contribution in [0.3, 0.4) is 0 Å². The number of benzene rings is 2. The average Bonchev–Trinajstić information content (AvgIpc) is 2.72. The number of Topliss-reactive ketones (excluding diaryl/α,β-unsaturated/α-hetero) is 2. The van der Waals surface area contributed by atoms with Crippen molar-refractivity contribution in [1.82, 2.24) is 4.90 Å². The van der Waals surface area contributed by atoms with Gasteiger partial charge in [0.15, 0.2) is 18.2 Å². The number of piperazine rings is 1. The van der Waals surface area contributed by atoms with Gasteiger partial charge < -0.3 is 14.5 Å². The minimum absolute atomic E-state index is 0.0807. The van der Waals surface area contributed by atoms with Crippen LogP contribution in [0.5, 0.6) is 5.75 Å². The quantitative estimate of drug-likeness (QED) is 0.677. The Bertz CT molecular complexity index is 985. The van der Waals surface area contributed by atoms with E-state index in [1.165, 1.54) is 26.0 Å². The molecule has 1 aliphatic heterocycles. The SMILES string of the molecule is CC(=O)c1ccc(N2CCN(C(=O)COc3ccc(F)cc3C(C)=O)CC2)c(F)c1. The topological polar surface area (TPSA) is 66.9 Å². The predicted molar refractivity (Wildman–Crippen MR) is 107 cm³/mol. The maximum absolute atomic E-state index is 14.3. The van der Waals surface area contributed by atoms with Crippen molar-refractivity contribution in [2.45, 2.75) is 13.8 Å². The number of amides is 1.